The van der Waals surface area contributed by atoms with Crippen LogP contribution in [0.2, 0.25) is 0 Å². The number of nitrogens with zero attached hydrogens (tertiary/aromatic N) is 1. The first kappa shape index (κ1) is 11.7. The number of halogens is 1. The summed E-state index contributed by atoms with van der Waals surface area (Å²) in [5.41, 5.74) is 5.27. The lowest BCUT2D eigenvalue weighted by atomic mass is 10.1. The summed E-state index contributed by atoms with van der Waals surface area (Å²) in [4.78, 5) is 0. The van der Waals surface area contributed by atoms with E-state index in [1.54, 1.807) is 0 Å². The largest absolute Gasteiger partial charge is 0.345 e. The Morgan fingerprint density at radius 2 is 2.00 bits per heavy atom. The minimum atomic E-state index is 0.879. The summed E-state index contributed by atoms with van der Waals surface area (Å²) in [5.74, 6) is 0. The van der Waals surface area contributed by atoms with E-state index in [9.17, 15) is 0 Å². The summed E-state index contributed by atoms with van der Waals surface area (Å²) in [6, 6.07) is 4.48. The predicted octanol–water partition coefficient (Wildman–Crippen LogP) is 3.28. The molecule has 1 aromatic carbocycles. The van der Waals surface area contributed by atoms with Gasteiger partial charge in [0.25, 0.3) is 0 Å². The first-order valence-electron chi connectivity index (χ1n) is 5.45. The number of rotatable bonds is 2. The zero-order chi connectivity index (χ0) is 11.9. The lowest BCUT2D eigenvalue weighted by Crippen LogP contribution is -2.09. The molecule has 2 aromatic rings. The number of hydrogen-bond donors (Lipinski definition) is 1. The van der Waals surface area contributed by atoms with Crippen LogP contribution in [0, 0.1) is 13.8 Å². The van der Waals surface area contributed by atoms with Gasteiger partial charge in [-0.2, -0.15) is 0 Å². The molecule has 1 heterocycles. The van der Waals surface area contributed by atoms with Crippen molar-refractivity contribution in [3.63, 3.8) is 0 Å². The summed E-state index contributed by atoms with van der Waals surface area (Å²) in [7, 11) is 4.10. The highest BCUT2D eigenvalue weighted by atomic mass is 79.9. The molecule has 2 nitrogen and oxygen atoms in total. The van der Waals surface area contributed by atoms with Gasteiger partial charge in [-0.3, -0.25) is 0 Å². The Kier molecular flexibility index (Phi) is 3.08. The Bertz CT molecular complexity index is 541. The van der Waals surface area contributed by atoms with Crippen LogP contribution in [-0.2, 0) is 13.6 Å². The van der Waals surface area contributed by atoms with E-state index in [0.717, 1.165) is 6.54 Å². The topological polar surface area (TPSA) is 17.0 Å². The maximum atomic E-state index is 3.71. The number of aromatic nitrogens is 1. The van der Waals surface area contributed by atoms with Crippen molar-refractivity contribution in [2.24, 2.45) is 7.05 Å². The summed E-state index contributed by atoms with van der Waals surface area (Å²) in [6.45, 7) is 5.19. The molecule has 0 saturated heterocycles. The van der Waals surface area contributed by atoms with Crippen molar-refractivity contribution in [3.05, 3.63) is 33.4 Å². The quantitative estimate of drug-likeness (QED) is 0.894. The van der Waals surface area contributed by atoms with Gasteiger partial charge in [0, 0.05) is 29.1 Å². The van der Waals surface area contributed by atoms with E-state index in [1.165, 1.54) is 32.2 Å². The van der Waals surface area contributed by atoms with Crippen molar-refractivity contribution in [1.82, 2.24) is 9.88 Å². The van der Waals surface area contributed by atoms with E-state index >= 15 is 0 Å². The first-order valence-corrected chi connectivity index (χ1v) is 6.24. The van der Waals surface area contributed by atoms with Crippen LogP contribution in [0.15, 0.2) is 16.6 Å². The Morgan fingerprint density at radius 1 is 1.31 bits per heavy atom. The minimum Gasteiger partial charge on any atom is -0.345 e. The summed E-state index contributed by atoms with van der Waals surface area (Å²) in [6.07, 6.45) is 0. The van der Waals surface area contributed by atoms with Crippen LogP contribution in [0.4, 0.5) is 0 Å². The Morgan fingerprint density at radius 3 is 2.62 bits per heavy atom. The van der Waals surface area contributed by atoms with E-state index in [0.29, 0.717) is 0 Å². The molecular formula is C13H17BrN2. The molecule has 0 unspecified atom stereocenters. The highest BCUT2D eigenvalue weighted by Crippen LogP contribution is 2.33. The number of benzene rings is 1. The van der Waals surface area contributed by atoms with Crippen LogP contribution in [0.25, 0.3) is 10.9 Å². The van der Waals surface area contributed by atoms with E-state index in [1.807, 2.05) is 7.05 Å². The standard InChI is InChI=1S/C13H17BrN2/c1-8-5-9(2)13-10(6-8)12(14)11(7-15-3)16(13)4/h5-6,15H,7H2,1-4H3. The van der Waals surface area contributed by atoms with Gasteiger partial charge in [-0.25, -0.2) is 0 Å². The van der Waals surface area contributed by atoms with Crippen molar-refractivity contribution < 1.29 is 0 Å². The minimum absolute atomic E-state index is 0.879. The van der Waals surface area contributed by atoms with Crippen molar-refractivity contribution in [1.29, 1.82) is 0 Å². The SMILES string of the molecule is CNCc1c(Br)c2cc(C)cc(C)c2n1C. The lowest BCUT2D eigenvalue weighted by molar-refractivity contribution is 0.741. The zero-order valence-electron chi connectivity index (χ0n) is 10.2. The fraction of sp³-hybridized carbons (Fsp3) is 0.385. The molecule has 3 heteroatoms. The molecule has 0 bridgehead atoms. The molecule has 0 atom stereocenters. The highest BCUT2D eigenvalue weighted by Gasteiger charge is 2.14. The van der Waals surface area contributed by atoms with Gasteiger partial charge in [-0.05, 0) is 48.5 Å². The fourth-order valence-electron chi connectivity index (χ4n) is 2.37. The summed E-state index contributed by atoms with van der Waals surface area (Å²) in [5, 5.41) is 4.52. The van der Waals surface area contributed by atoms with Crippen LogP contribution >= 0.6 is 15.9 Å². The number of fused-ring (bicyclic) bond motifs is 1. The summed E-state index contributed by atoms with van der Waals surface area (Å²) < 4.78 is 3.48. The van der Waals surface area contributed by atoms with Crippen LogP contribution in [-0.4, -0.2) is 11.6 Å². The van der Waals surface area contributed by atoms with Gasteiger partial charge in [-0.15, -0.1) is 0 Å². The summed E-state index contributed by atoms with van der Waals surface area (Å²) >= 11 is 3.71. The Balaban J connectivity index is 2.82. The van der Waals surface area contributed by atoms with Crippen LogP contribution < -0.4 is 5.32 Å². The van der Waals surface area contributed by atoms with Gasteiger partial charge in [0.2, 0.25) is 0 Å². The average Bonchev–Trinajstić information content (AvgIpc) is 2.43. The van der Waals surface area contributed by atoms with Gasteiger partial charge in [0.05, 0.1) is 5.52 Å². The van der Waals surface area contributed by atoms with Crippen LogP contribution in [0.1, 0.15) is 16.8 Å². The first-order chi connectivity index (χ1) is 7.56. The molecule has 0 spiro atoms. The number of aryl methyl sites for hydroxylation is 3. The second kappa shape index (κ2) is 4.22. The van der Waals surface area contributed by atoms with E-state index in [4.69, 9.17) is 0 Å². The molecular weight excluding hydrogens is 264 g/mol. The smallest absolute Gasteiger partial charge is 0.0521 e. The van der Waals surface area contributed by atoms with Crippen LogP contribution in [0.3, 0.4) is 0 Å². The molecule has 86 valence electrons. The maximum absolute atomic E-state index is 3.71. The third-order valence-electron chi connectivity index (χ3n) is 3.02. The highest BCUT2D eigenvalue weighted by molar-refractivity contribution is 9.10. The molecule has 16 heavy (non-hydrogen) atoms. The van der Waals surface area contributed by atoms with E-state index in [2.05, 4.69) is 58.8 Å². The molecule has 0 aliphatic rings. The van der Waals surface area contributed by atoms with Crippen molar-refractivity contribution in [3.8, 4) is 0 Å². The fourth-order valence-corrected chi connectivity index (χ4v) is 3.08. The van der Waals surface area contributed by atoms with Crippen LogP contribution in [0.5, 0.6) is 0 Å². The Hall–Kier alpha value is -0.800. The van der Waals surface area contributed by atoms with Gasteiger partial charge >= 0.3 is 0 Å². The molecule has 0 saturated carbocycles. The van der Waals surface area contributed by atoms with Gasteiger partial charge in [-0.1, -0.05) is 11.6 Å². The molecule has 1 N–H and O–H groups in total. The van der Waals surface area contributed by atoms with Crippen molar-refractivity contribution >= 4 is 26.8 Å². The second-order valence-electron chi connectivity index (χ2n) is 4.33. The second-order valence-corrected chi connectivity index (χ2v) is 5.12. The van der Waals surface area contributed by atoms with Crippen molar-refractivity contribution in [2.45, 2.75) is 20.4 Å². The Labute approximate surface area is 105 Å². The third-order valence-corrected chi connectivity index (χ3v) is 3.90. The van der Waals surface area contributed by atoms with E-state index in [-0.39, 0.29) is 0 Å². The van der Waals surface area contributed by atoms with Gasteiger partial charge in [0.15, 0.2) is 0 Å². The number of nitrogens with one attached hydrogen (secondary N) is 1. The van der Waals surface area contributed by atoms with E-state index < -0.39 is 0 Å². The predicted molar refractivity (Wildman–Crippen MR) is 72.9 cm³/mol. The molecule has 0 amide bonds. The maximum Gasteiger partial charge on any atom is 0.0521 e. The molecule has 0 radical (unpaired) electrons. The normalized spacial score (nSPS) is 11.3. The molecule has 1 aromatic heterocycles. The molecule has 2 rings (SSSR count). The zero-order valence-corrected chi connectivity index (χ0v) is 11.8. The molecule has 0 fully saturated rings. The lowest BCUT2D eigenvalue weighted by Gasteiger charge is -2.05. The monoisotopic (exact) mass is 280 g/mol. The van der Waals surface area contributed by atoms with Gasteiger partial charge in [0.1, 0.15) is 0 Å². The third kappa shape index (κ3) is 1.68. The number of hydrogen-bond acceptors (Lipinski definition) is 1. The molecule has 0 aliphatic carbocycles. The van der Waals surface area contributed by atoms with Crippen molar-refractivity contribution in [2.75, 3.05) is 7.05 Å². The van der Waals surface area contributed by atoms with Gasteiger partial charge < -0.3 is 9.88 Å². The average molecular weight is 281 g/mol. The molecule has 0 aliphatic heterocycles.